The number of carbonyl (C=O) groups is 3. The fourth-order valence-electron chi connectivity index (χ4n) is 2.92. The molecule has 1 N–H and O–H groups in total. The van der Waals surface area contributed by atoms with Crippen molar-refractivity contribution in [2.24, 2.45) is 0 Å². The summed E-state index contributed by atoms with van der Waals surface area (Å²) in [6.07, 6.45) is 0. The zero-order valence-corrected chi connectivity index (χ0v) is 19.1. The molecule has 2 aromatic carbocycles. The molecule has 168 valence electrons. The molecule has 0 spiro atoms. The van der Waals surface area contributed by atoms with Crippen LogP contribution in [0, 0.1) is 0 Å². The lowest BCUT2D eigenvalue weighted by atomic mass is 10.1. The van der Waals surface area contributed by atoms with Gasteiger partial charge in [0.25, 0.3) is 5.91 Å². The number of hydrogen-bond donors (Lipinski definition) is 1. The molecule has 0 aliphatic carbocycles. The van der Waals surface area contributed by atoms with Crippen LogP contribution in [0.4, 0.5) is 0 Å². The molecule has 0 saturated heterocycles. The second-order valence-electron chi connectivity index (χ2n) is 6.42. The summed E-state index contributed by atoms with van der Waals surface area (Å²) >= 11 is 7.49. The van der Waals surface area contributed by atoms with Gasteiger partial charge in [-0.15, -0.1) is 11.3 Å². The highest BCUT2D eigenvalue weighted by Crippen LogP contribution is 2.38. The van der Waals surface area contributed by atoms with Gasteiger partial charge in [0.05, 0.1) is 26.4 Å². The lowest BCUT2D eigenvalue weighted by Crippen LogP contribution is -2.31. The van der Waals surface area contributed by atoms with Crippen molar-refractivity contribution in [3.8, 4) is 17.2 Å². The molecule has 0 aliphatic rings. The fraction of sp³-hybridized carbons (Fsp3) is 0.227. The minimum atomic E-state index is -0.767. The molecule has 0 atom stereocenters. The Bertz CT molecular complexity index is 1150. The van der Waals surface area contributed by atoms with Gasteiger partial charge in [-0.2, -0.15) is 0 Å². The van der Waals surface area contributed by atoms with Crippen LogP contribution < -0.4 is 19.5 Å². The standard InChI is InChI=1S/C22H20ClNO7S/c1-28-15-8-12(9-16(29-2)20(15)30-3)14(25)11-31-18(26)10-24-22(27)21-19(23)13-6-4-5-7-17(13)32-21/h4-9H,10-11H2,1-3H3,(H,24,27). The number of methoxy groups -OCH3 is 3. The van der Waals surface area contributed by atoms with E-state index in [1.165, 1.54) is 44.8 Å². The van der Waals surface area contributed by atoms with Crippen LogP contribution in [0.5, 0.6) is 17.2 Å². The molecule has 32 heavy (non-hydrogen) atoms. The Balaban J connectivity index is 1.58. The number of rotatable bonds is 9. The van der Waals surface area contributed by atoms with Crippen LogP contribution in [-0.2, 0) is 9.53 Å². The first-order chi connectivity index (χ1) is 15.4. The lowest BCUT2D eigenvalue weighted by molar-refractivity contribution is -0.141. The molecule has 1 aromatic heterocycles. The number of fused-ring (bicyclic) bond motifs is 1. The van der Waals surface area contributed by atoms with Gasteiger partial charge in [0, 0.05) is 15.6 Å². The number of benzene rings is 2. The van der Waals surface area contributed by atoms with Crippen LogP contribution in [0.3, 0.4) is 0 Å². The summed E-state index contributed by atoms with van der Waals surface area (Å²) < 4.78 is 21.5. The van der Waals surface area contributed by atoms with E-state index in [0.29, 0.717) is 27.1 Å². The van der Waals surface area contributed by atoms with E-state index in [-0.39, 0.29) is 5.56 Å². The van der Waals surface area contributed by atoms with Gasteiger partial charge < -0.3 is 24.3 Å². The lowest BCUT2D eigenvalue weighted by Gasteiger charge is -2.13. The molecule has 0 unspecified atom stereocenters. The average molecular weight is 478 g/mol. The highest BCUT2D eigenvalue weighted by Gasteiger charge is 2.20. The van der Waals surface area contributed by atoms with Crippen LogP contribution in [0.15, 0.2) is 36.4 Å². The number of esters is 1. The van der Waals surface area contributed by atoms with Gasteiger partial charge in [-0.1, -0.05) is 29.8 Å². The molecule has 3 aromatic rings. The highest BCUT2D eigenvalue weighted by atomic mass is 35.5. The van der Waals surface area contributed by atoms with Gasteiger partial charge in [-0.25, -0.2) is 0 Å². The van der Waals surface area contributed by atoms with E-state index in [2.05, 4.69) is 5.32 Å². The van der Waals surface area contributed by atoms with Crippen molar-refractivity contribution in [1.29, 1.82) is 0 Å². The summed E-state index contributed by atoms with van der Waals surface area (Å²) in [5.41, 5.74) is 0.216. The van der Waals surface area contributed by atoms with Crippen molar-refractivity contribution in [1.82, 2.24) is 5.32 Å². The van der Waals surface area contributed by atoms with Gasteiger partial charge in [-0.3, -0.25) is 14.4 Å². The maximum atomic E-state index is 12.5. The number of ether oxygens (including phenoxy) is 4. The number of ketones is 1. The zero-order chi connectivity index (χ0) is 23.3. The third-order valence-corrected chi connectivity index (χ3v) is 6.16. The van der Waals surface area contributed by atoms with Gasteiger partial charge in [0.15, 0.2) is 18.1 Å². The Kier molecular flexibility index (Phi) is 7.55. The minimum Gasteiger partial charge on any atom is -0.493 e. The largest absolute Gasteiger partial charge is 0.493 e. The van der Waals surface area contributed by atoms with E-state index >= 15 is 0 Å². The Labute approximate surface area is 193 Å². The van der Waals surface area contributed by atoms with Crippen molar-refractivity contribution in [3.63, 3.8) is 0 Å². The summed E-state index contributed by atoms with van der Waals surface area (Å²) in [6.45, 7) is -0.928. The first-order valence-corrected chi connectivity index (χ1v) is 10.5. The fourth-order valence-corrected chi connectivity index (χ4v) is 4.35. The number of amides is 1. The molecule has 10 heteroatoms. The molecule has 8 nitrogen and oxygen atoms in total. The first kappa shape index (κ1) is 23.4. The van der Waals surface area contributed by atoms with Crippen molar-refractivity contribution in [2.75, 3.05) is 34.5 Å². The highest BCUT2D eigenvalue weighted by molar-refractivity contribution is 7.21. The Hall–Kier alpha value is -3.30. The van der Waals surface area contributed by atoms with Crippen molar-refractivity contribution < 1.29 is 33.3 Å². The predicted molar refractivity (Wildman–Crippen MR) is 121 cm³/mol. The van der Waals surface area contributed by atoms with Gasteiger partial charge >= 0.3 is 5.97 Å². The zero-order valence-electron chi connectivity index (χ0n) is 17.5. The number of carbonyl (C=O) groups excluding carboxylic acids is 3. The molecule has 3 rings (SSSR count). The van der Waals surface area contributed by atoms with Gasteiger partial charge in [-0.05, 0) is 18.2 Å². The number of thiophene rings is 1. The van der Waals surface area contributed by atoms with Crippen LogP contribution in [0.1, 0.15) is 20.0 Å². The third kappa shape index (κ3) is 4.95. The van der Waals surface area contributed by atoms with Crippen molar-refractivity contribution in [3.05, 3.63) is 51.9 Å². The Morgan fingerprint density at radius 1 is 1.00 bits per heavy atom. The normalized spacial score (nSPS) is 10.5. The minimum absolute atomic E-state index is 0.216. The Morgan fingerprint density at radius 2 is 1.66 bits per heavy atom. The monoisotopic (exact) mass is 477 g/mol. The molecule has 0 bridgehead atoms. The summed E-state index contributed by atoms with van der Waals surface area (Å²) in [5.74, 6) is -0.800. The summed E-state index contributed by atoms with van der Waals surface area (Å²) in [7, 11) is 4.30. The quantitative estimate of drug-likeness (QED) is 0.370. The maximum Gasteiger partial charge on any atom is 0.325 e. The molecule has 0 radical (unpaired) electrons. The van der Waals surface area contributed by atoms with Gasteiger partial charge in [0.1, 0.15) is 11.4 Å². The molecule has 0 aliphatic heterocycles. The predicted octanol–water partition coefficient (Wildman–Crippen LogP) is 3.74. The van der Waals surface area contributed by atoms with E-state index < -0.39 is 30.8 Å². The first-order valence-electron chi connectivity index (χ1n) is 9.33. The van der Waals surface area contributed by atoms with Crippen molar-refractivity contribution >= 4 is 50.7 Å². The molecule has 1 amide bonds. The molecule has 0 fully saturated rings. The van der Waals surface area contributed by atoms with E-state index in [9.17, 15) is 14.4 Å². The number of nitrogens with one attached hydrogen (secondary N) is 1. The average Bonchev–Trinajstić information content (AvgIpc) is 3.16. The maximum absolute atomic E-state index is 12.5. The second-order valence-corrected chi connectivity index (χ2v) is 7.85. The topological polar surface area (TPSA) is 100 Å². The summed E-state index contributed by atoms with van der Waals surface area (Å²) in [6, 6.07) is 10.3. The van der Waals surface area contributed by atoms with Crippen LogP contribution in [0.2, 0.25) is 5.02 Å². The summed E-state index contributed by atoms with van der Waals surface area (Å²) in [4.78, 5) is 37.2. The van der Waals surface area contributed by atoms with Crippen LogP contribution >= 0.6 is 22.9 Å². The van der Waals surface area contributed by atoms with E-state index in [0.717, 1.165) is 10.1 Å². The van der Waals surface area contributed by atoms with Gasteiger partial charge in [0.2, 0.25) is 11.5 Å². The SMILES string of the molecule is COc1cc(C(=O)COC(=O)CNC(=O)c2sc3ccccc3c2Cl)cc(OC)c1OC. The number of hydrogen-bond acceptors (Lipinski definition) is 8. The third-order valence-electron chi connectivity index (χ3n) is 4.49. The van der Waals surface area contributed by atoms with E-state index in [1.54, 1.807) is 0 Å². The van der Waals surface area contributed by atoms with E-state index in [4.69, 9.17) is 30.5 Å². The summed E-state index contributed by atoms with van der Waals surface area (Å²) in [5, 5.41) is 3.55. The number of halogens is 1. The van der Waals surface area contributed by atoms with E-state index in [1.807, 2.05) is 24.3 Å². The van der Waals surface area contributed by atoms with Crippen LogP contribution in [0.25, 0.3) is 10.1 Å². The second kappa shape index (κ2) is 10.3. The molecule has 0 saturated carbocycles. The smallest absolute Gasteiger partial charge is 0.325 e. The van der Waals surface area contributed by atoms with Crippen LogP contribution in [-0.4, -0.2) is 52.1 Å². The van der Waals surface area contributed by atoms with Crippen molar-refractivity contribution in [2.45, 2.75) is 0 Å². The Morgan fingerprint density at radius 3 is 2.25 bits per heavy atom. The number of Topliss-reactive ketones (excluding diaryl/α,β-unsaturated/α-hetero) is 1. The molecule has 1 heterocycles. The molecular weight excluding hydrogens is 458 g/mol. The molecular formula is C22H20ClNO7S.